The van der Waals surface area contributed by atoms with Crippen molar-refractivity contribution < 1.29 is 9.13 Å². The number of nitrogens with two attached hydrogens (primary N) is 1. The zero-order chi connectivity index (χ0) is 15.2. The van der Waals surface area contributed by atoms with Crippen LogP contribution in [-0.2, 0) is 6.61 Å². The molecule has 2 aromatic carbocycles. The molecule has 0 heterocycles. The van der Waals surface area contributed by atoms with Gasteiger partial charge in [0.2, 0.25) is 0 Å². The van der Waals surface area contributed by atoms with Crippen molar-refractivity contribution in [2.75, 3.05) is 6.54 Å². The minimum atomic E-state index is -0.334. The maximum atomic E-state index is 13.3. The SMILES string of the molecule is Cc1ccc(Cl)cc1OCc1ccc(F)cc1C#CCN. The van der Waals surface area contributed by atoms with Crippen molar-refractivity contribution in [2.24, 2.45) is 5.73 Å². The summed E-state index contributed by atoms with van der Waals surface area (Å²) in [6, 6.07) is 9.88. The van der Waals surface area contributed by atoms with E-state index < -0.39 is 0 Å². The Morgan fingerprint density at radius 1 is 1.24 bits per heavy atom. The molecule has 2 aromatic rings. The highest BCUT2D eigenvalue weighted by Crippen LogP contribution is 2.24. The standard InChI is InChI=1S/C17H15ClFNO/c1-12-4-6-15(18)10-17(12)21-11-14-5-7-16(19)9-13(14)3-2-8-20/h4-7,9-10H,8,11,20H2,1H3. The molecule has 0 aliphatic heterocycles. The number of halogens is 2. The fraction of sp³-hybridized carbons (Fsp3) is 0.176. The molecule has 2 nitrogen and oxygen atoms in total. The van der Waals surface area contributed by atoms with Crippen LogP contribution in [0.15, 0.2) is 36.4 Å². The average molecular weight is 304 g/mol. The Hall–Kier alpha value is -2.02. The van der Waals surface area contributed by atoms with E-state index in [2.05, 4.69) is 11.8 Å². The molecule has 2 N–H and O–H groups in total. The van der Waals surface area contributed by atoms with Crippen LogP contribution < -0.4 is 10.5 Å². The van der Waals surface area contributed by atoms with E-state index in [0.717, 1.165) is 11.1 Å². The Morgan fingerprint density at radius 3 is 2.81 bits per heavy atom. The van der Waals surface area contributed by atoms with E-state index in [9.17, 15) is 4.39 Å². The zero-order valence-electron chi connectivity index (χ0n) is 11.6. The van der Waals surface area contributed by atoms with E-state index in [0.29, 0.717) is 16.3 Å². The van der Waals surface area contributed by atoms with E-state index in [4.69, 9.17) is 22.1 Å². The Kier molecular flexibility index (Phi) is 5.21. The van der Waals surface area contributed by atoms with E-state index in [-0.39, 0.29) is 19.0 Å². The molecule has 108 valence electrons. The molecule has 0 aliphatic rings. The van der Waals surface area contributed by atoms with Crippen LogP contribution in [0.1, 0.15) is 16.7 Å². The predicted molar refractivity (Wildman–Crippen MR) is 82.9 cm³/mol. The topological polar surface area (TPSA) is 35.2 Å². The Balaban J connectivity index is 2.21. The highest BCUT2D eigenvalue weighted by Gasteiger charge is 2.05. The second kappa shape index (κ2) is 7.12. The number of benzene rings is 2. The monoisotopic (exact) mass is 303 g/mol. The van der Waals surface area contributed by atoms with Gasteiger partial charge in [0.25, 0.3) is 0 Å². The van der Waals surface area contributed by atoms with Crippen LogP contribution in [0.4, 0.5) is 4.39 Å². The third-order valence-corrected chi connectivity index (χ3v) is 3.17. The van der Waals surface area contributed by atoms with Crippen molar-refractivity contribution >= 4 is 11.6 Å². The van der Waals surface area contributed by atoms with Crippen LogP contribution in [0.3, 0.4) is 0 Å². The molecule has 0 radical (unpaired) electrons. The first kappa shape index (κ1) is 15.4. The number of rotatable bonds is 3. The Bertz CT molecular complexity index is 704. The van der Waals surface area contributed by atoms with Gasteiger partial charge in [0.05, 0.1) is 6.54 Å². The predicted octanol–water partition coefficient (Wildman–Crippen LogP) is 3.68. The average Bonchev–Trinajstić information content (AvgIpc) is 2.47. The molecular weight excluding hydrogens is 289 g/mol. The van der Waals surface area contributed by atoms with Gasteiger partial charge in [-0.25, -0.2) is 4.39 Å². The van der Waals surface area contributed by atoms with Gasteiger partial charge in [0.1, 0.15) is 18.2 Å². The summed E-state index contributed by atoms with van der Waals surface area (Å²) in [5, 5.41) is 0.609. The first-order valence-electron chi connectivity index (χ1n) is 6.46. The van der Waals surface area contributed by atoms with Crippen molar-refractivity contribution in [2.45, 2.75) is 13.5 Å². The maximum Gasteiger partial charge on any atom is 0.124 e. The lowest BCUT2D eigenvalue weighted by Gasteiger charge is -2.11. The second-order valence-corrected chi connectivity index (χ2v) is 4.94. The maximum absolute atomic E-state index is 13.3. The van der Waals surface area contributed by atoms with Gasteiger partial charge in [-0.05, 0) is 36.8 Å². The first-order valence-corrected chi connectivity index (χ1v) is 6.84. The summed E-state index contributed by atoms with van der Waals surface area (Å²) in [5.41, 5.74) is 7.72. The molecule has 0 aromatic heterocycles. The van der Waals surface area contributed by atoms with Crippen molar-refractivity contribution in [3.05, 3.63) is 63.9 Å². The molecule has 0 saturated heterocycles. The molecular formula is C17H15ClFNO. The summed E-state index contributed by atoms with van der Waals surface area (Å²) < 4.78 is 19.1. The molecule has 21 heavy (non-hydrogen) atoms. The number of aryl methyl sites for hydroxylation is 1. The lowest BCUT2D eigenvalue weighted by Crippen LogP contribution is -2.01. The van der Waals surface area contributed by atoms with E-state index >= 15 is 0 Å². The largest absolute Gasteiger partial charge is 0.489 e. The van der Waals surface area contributed by atoms with Gasteiger partial charge in [-0.3, -0.25) is 0 Å². The van der Waals surface area contributed by atoms with Crippen LogP contribution in [0.5, 0.6) is 5.75 Å². The molecule has 0 bridgehead atoms. The molecule has 0 amide bonds. The molecule has 0 spiro atoms. The highest BCUT2D eigenvalue weighted by atomic mass is 35.5. The van der Waals surface area contributed by atoms with Gasteiger partial charge in [0.15, 0.2) is 0 Å². The summed E-state index contributed by atoms with van der Waals surface area (Å²) in [6.45, 7) is 2.45. The van der Waals surface area contributed by atoms with Gasteiger partial charge in [-0.2, -0.15) is 0 Å². The first-order chi connectivity index (χ1) is 10.1. The summed E-state index contributed by atoms with van der Waals surface area (Å²) >= 11 is 5.95. The summed E-state index contributed by atoms with van der Waals surface area (Å²) in [4.78, 5) is 0. The van der Waals surface area contributed by atoms with Crippen LogP contribution in [-0.4, -0.2) is 6.54 Å². The third kappa shape index (κ3) is 4.22. The smallest absolute Gasteiger partial charge is 0.124 e. The summed E-state index contributed by atoms with van der Waals surface area (Å²) in [5.74, 6) is 5.94. The number of hydrogen-bond acceptors (Lipinski definition) is 2. The van der Waals surface area contributed by atoms with Gasteiger partial charge >= 0.3 is 0 Å². The van der Waals surface area contributed by atoms with E-state index in [1.165, 1.54) is 12.1 Å². The second-order valence-electron chi connectivity index (χ2n) is 4.51. The van der Waals surface area contributed by atoms with Gasteiger partial charge in [0, 0.05) is 16.1 Å². The van der Waals surface area contributed by atoms with E-state index in [1.54, 1.807) is 18.2 Å². The molecule has 0 atom stereocenters. The highest BCUT2D eigenvalue weighted by molar-refractivity contribution is 6.30. The fourth-order valence-corrected chi connectivity index (χ4v) is 1.98. The number of hydrogen-bond donors (Lipinski definition) is 1. The van der Waals surface area contributed by atoms with Crippen molar-refractivity contribution in [3.8, 4) is 17.6 Å². The minimum Gasteiger partial charge on any atom is -0.489 e. The Labute approximate surface area is 128 Å². The lowest BCUT2D eigenvalue weighted by molar-refractivity contribution is 0.303. The molecule has 0 unspecified atom stereocenters. The molecule has 4 heteroatoms. The Morgan fingerprint density at radius 2 is 2.05 bits per heavy atom. The summed E-state index contributed by atoms with van der Waals surface area (Å²) in [7, 11) is 0. The van der Waals surface area contributed by atoms with E-state index in [1.807, 2.05) is 13.0 Å². The van der Waals surface area contributed by atoms with Crippen molar-refractivity contribution in [1.29, 1.82) is 0 Å². The van der Waals surface area contributed by atoms with Crippen LogP contribution in [0.2, 0.25) is 5.02 Å². The third-order valence-electron chi connectivity index (χ3n) is 2.93. The van der Waals surface area contributed by atoms with Crippen molar-refractivity contribution in [1.82, 2.24) is 0 Å². The van der Waals surface area contributed by atoms with Gasteiger partial charge < -0.3 is 10.5 Å². The quantitative estimate of drug-likeness (QED) is 0.878. The van der Waals surface area contributed by atoms with Crippen molar-refractivity contribution in [3.63, 3.8) is 0 Å². The van der Waals surface area contributed by atoms with Crippen LogP contribution in [0, 0.1) is 24.6 Å². The van der Waals surface area contributed by atoms with Crippen LogP contribution >= 0.6 is 11.6 Å². The fourth-order valence-electron chi connectivity index (χ4n) is 1.82. The van der Waals surface area contributed by atoms with Crippen LogP contribution in [0.25, 0.3) is 0 Å². The molecule has 0 saturated carbocycles. The summed E-state index contributed by atoms with van der Waals surface area (Å²) in [6.07, 6.45) is 0. The normalized spacial score (nSPS) is 9.90. The van der Waals surface area contributed by atoms with Gasteiger partial charge in [-0.15, -0.1) is 0 Å². The minimum absolute atomic E-state index is 0.226. The van der Waals surface area contributed by atoms with Gasteiger partial charge in [-0.1, -0.05) is 35.6 Å². The lowest BCUT2D eigenvalue weighted by atomic mass is 10.1. The molecule has 0 aliphatic carbocycles. The zero-order valence-corrected chi connectivity index (χ0v) is 12.4. The molecule has 2 rings (SSSR count). The number of ether oxygens (including phenoxy) is 1. The molecule has 0 fully saturated rings.